The molecule has 0 bridgehead atoms. The van der Waals surface area contributed by atoms with Crippen LogP contribution in [-0.2, 0) is 11.2 Å². The van der Waals surface area contributed by atoms with Gasteiger partial charge in [-0.1, -0.05) is 12.1 Å². The van der Waals surface area contributed by atoms with E-state index in [1.54, 1.807) is 29.3 Å². The molecule has 2 aliphatic rings. The molecule has 5 rings (SSSR count). The quantitative estimate of drug-likeness (QED) is 0.432. The minimum Gasteiger partial charge on any atom is -0.377 e. The minimum absolute atomic E-state index is 0.0573. The van der Waals surface area contributed by atoms with Gasteiger partial charge in [0, 0.05) is 43.9 Å². The molecule has 0 saturated carbocycles. The van der Waals surface area contributed by atoms with Crippen molar-refractivity contribution in [2.24, 2.45) is 5.73 Å². The zero-order valence-corrected chi connectivity index (χ0v) is 19.1. The number of halogens is 1. The molecule has 1 saturated heterocycles. The molecule has 2 amide bonds. The van der Waals surface area contributed by atoms with Crippen molar-refractivity contribution in [2.45, 2.75) is 25.3 Å². The summed E-state index contributed by atoms with van der Waals surface area (Å²) in [5.74, 6) is 0.129. The van der Waals surface area contributed by atoms with Gasteiger partial charge in [-0.25, -0.2) is 14.4 Å². The van der Waals surface area contributed by atoms with E-state index in [1.165, 1.54) is 12.3 Å². The minimum atomic E-state index is -0.627. The van der Waals surface area contributed by atoms with Gasteiger partial charge in [-0.05, 0) is 36.6 Å². The number of benzene rings is 1. The Bertz CT molecular complexity index is 1270. The second kappa shape index (κ2) is 9.67. The SMILES string of the molecule is NC(=O)c1cnc(Nc2ccc(N3CCNCCC3=O)cn2)cc1NC1CCc2cccc(F)c21. The van der Waals surface area contributed by atoms with E-state index >= 15 is 0 Å². The van der Waals surface area contributed by atoms with Crippen LogP contribution in [0.5, 0.6) is 0 Å². The Hall–Kier alpha value is -4.05. The van der Waals surface area contributed by atoms with Crippen LogP contribution < -0.4 is 26.6 Å². The Morgan fingerprint density at radius 2 is 1.97 bits per heavy atom. The van der Waals surface area contributed by atoms with Crippen molar-refractivity contribution < 1.29 is 14.0 Å². The van der Waals surface area contributed by atoms with Crippen molar-refractivity contribution in [3.63, 3.8) is 0 Å². The number of pyridine rings is 2. The van der Waals surface area contributed by atoms with Crippen molar-refractivity contribution in [3.8, 4) is 0 Å². The molecule has 0 radical (unpaired) electrons. The van der Waals surface area contributed by atoms with Crippen molar-refractivity contribution >= 4 is 34.8 Å². The third-order valence-corrected chi connectivity index (χ3v) is 6.34. The highest BCUT2D eigenvalue weighted by atomic mass is 19.1. The zero-order chi connectivity index (χ0) is 24.4. The van der Waals surface area contributed by atoms with Crippen molar-refractivity contribution in [3.05, 3.63) is 71.3 Å². The molecule has 3 aromatic rings. The third-order valence-electron chi connectivity index (χ3n) is 6.34. The molecule has 1 fully saturated rings. The Labute approximate surface area is 201 Å². The molecule has 3 heterocycles. The topological polar surface area (TPSA) is 125 Å². The molecule has 1 atom stereocenters. The van der Waals surface area contributed by atoms with E-state index in [1.807, 2.05) is 12.1 Å². The van der Waals surface area contributed by atoms with E-state index in [2.05, 4.69) is 25.9 Å². The van der Waals surface area contributed by atoms with Gasteiger partial charge in [0.15, 0.2) is 0 Å². The van der Waals surface area contributed by atoms with Gasteiger partial charge < -0.3 is 26.6 Å². The number of carbonyl (C=O) groups excluding carboxylic acids is 2. The summed E-state index contributed by atoms with van der Waals surface area (Å²) in [5, 5.41) is 9.61. The zero-order valence-electron chi connectivity index (χ0n) is 19.1. The number of carbonyl (C=O) groups is 2. The summed E-state index contributed by atoms with van der Waals surface area (Å²) in [6.07, 6.45) is 4.93. The van der Waals surface area contributed by atoms with E-state index in [9.17, 15) is 14.0 Å². The molecule has 0 spiro atoms. The normalized spacial score (nSPS) is 17.6. The van der Waals surface area contributed by atoms with Crippen LogP contribution in [-0.4, -0.2) is 41.4 Å². The smallest absolute Gasteiger partial charge is 0.252 e. The predicted octanol–water partition coefficient (Wildman–Crippen LogP) is 2.88. The van der Waals surface area contributed by atoms with Crippen molar-refractivity contribution in [2.75, 3.05) is 35.2 Å². The highest BCUT2D eigenvalue weighted by Crippen LogP contribution is 2.36. The molecule has 2 aromatic heterocycles. The molecule has 1 aliphatic carbocycles. The number of anilines is 4. The van der Waals surface area contributed by atoms with Gasteiger partial charge in [0.1, 0.15) is 17.5 Å². The Morgan fingerprint density at radius 1 is 1.11 bits per heavy atom. The predicted molar refractivity (Wildman–Crippen MR) is 131 cm³/mol. The molecule has 5 N–H and O–H groups in total. The Kier molecular flexibility index (Phi) is 6.28. The third kappa shape index (κ3) is 4.78. The first kappa shape index (κ1) is 22.7. The fourth-order valence-electron chi connectivity index (χ4n) is 4.60. The number of nitrogens with two attached hydrogens (primary N) is 1. The fourth-order valence-corrected chi connectivity index (χ4v) is 4.60. The largest absolute Gasteiger partial charge is 0.377 e. The van der Waals surface area contributed by atoms with Crippen LogP contribution >= 0.6 is 0 Å². The van der Waals surface area contributed by atoms with Gasteiger partial charge in [-0.3, -0.25) is 9.59 Å². The van der Waals surface area contributed by atoms with Crippen LogP contribution in [0.25, 0.3) is 0 Å². The lowest BCUT2D eigenvalue weighted by Crippen LogP contribution is -2.32. The second-order valence-corrected chi connectivity index (χ2v) is 8.60. The summed E-state index contributed by atoms with van der Waals surface area (Å²) in [6, 6.07) is 10.0. The standard InChI is InChI=1S/C25H26FN7O2/c26-18-3-1-2-15-4-6-19(24(15)18)31-20-12-22(30-14-17(20)25(27)35)32-21-7-5-16(13-29-21)33-11-10-28-9-8-23(33)34/h1-3,5,7,12-14,19,28H,4,6,8-11H2,(H2,27,35)(H2,29,30,31,32). The van der Waals surface area contributed by atoms with Crippen LogP contribution in [0.1, 0.15) is 40.4 Å². The summed E-state index contributed by atoms with van der Waals surface area (Å²) >= 11 is 0. The number of nitrogens with one attached hydrogen (secondary N) is 3. The van der Waals surface area contributed by atoms with Gasteiger partial charge in [-0.15, -0.1) is 0 Å². The van der Waals surface area contributed by atoms with Crippen molar-refractivity contribution in [1.29, 1.82) is 0 Å². The Balaban J connectivity index is 1.36. The molecule has 35 heavy (non-hydrogen) atoms. The van der Waals surface area contributed by atoms with E-state index in [0.29, 0.717) is 48.8 Å². The monoisotopic (exact) mass is 475 g/mol. The van der Waals surface area contributed by atoms with Crippen LogP contribution in [0.15, 0.2) is 48.8 Å². The van der Waals surface area contributed by atoms with E-state index in [-0.39, 0.29) is 23.3 Å². The number of aryl methyl sites for hydroxylation is 1. The molecular formula is C25H26FN7O2. The number of nitrogens with zero attached hydrogens (tertiary/aromatic N) is 3. The fraction of sp³-hybridized carbons (Fsp3) is 0.280. The highest BCUT2D eigenvalue weighted by Gasteiger charge is 2.27. The van der Waals surface area contributed by atoms with Crippen LogP contribution in [0, 0.1) is 5.82 Å². The second-order valence-electron chi connectivity index (χ2n) is 8.60. The lowest BCUT2D eigenvalue weighted by Gasteiger charge is -2.20. The lowest BCUT2D eigenvalue weighted by atomic mass is 10.1. The number of hydrogen-bond donors (Lipinski definition) is 4. The summed E-state index contributed by atoms with van der Waals surface area (Å²) < 4.78 is 14.5. The summed E-state index contributed by atoms with van der Waals surface area (Å²) in [7, 11) is 0. The van der Waals surface area contributed by atoms with Crippen LogP contribution in [0.4, 0.5) is 27.4 Å². The van der Waals surface area contributed by atoms with Crippen LogP contribution in [0.2, 0.25) is 0 Å². The van der Waals surface area contributed by atoms with Gasteiger partial charge in [-0.2, -0.15) is 0 Å². The lowest BCUT2D eigenvalue weighted by molar-refractivity contribution is -0.118. The Morgan fingerprint density at radius 3 is 2.77 bits per heavy atom. The maximum absolute atomic E-state index is 14.5. The van der Waals surface area contributed by atoms with Crippen molar-refractivity contribution in [1.82, 2.24) is 15.3 Å². The van der Waals surface area contributed by atoms with Gasteiger partial charge in [0.05, 0.1) is 29.2 Å². The average Bonchev–Trinajstić information content (AvgIpc) is 3.13. The number of amides is 2. The maximum Gasteiger partial charge on any atom is 0.252 e. The number of rotatable bonds is 6. The highest BCUT2D eigenvalue weighted by molar-refractivity contribution is 5.98. The molecule has 10 heteroatoms. The number of aromatic nitrogens is 2. The van der Waals surface area contributed by atoms with E-state index < -0.39 is 5.91 Å². The van der Waals surface area contributed by atoms with Gasteiger partial charge in [0.25, 0.3) is 5.91 Å². The molecule has 1 unspecified atom stereocenters. The summed E-state index contributed by atoms with van der Waals surface area (Å²) in [6.45, 7) is 1.99. The molecular weight excluding hydrogens is 449 g/mol. The number of hydrogen-bond acceptors (Lipinski definition) is 7. The van der Waals surface area contributed by atoms with E-state index in [4.69, 9.17) is 5.73 Å². The number of fused-ring (bicyclic) bond motifs is 1. The van der Waals surface area contributed by atoms with Gasteiger partial charge >= 0.3 is 0 Å². The van der Waals surface area contributed by atoms with Gasteiger partial charge in [0.2, 0.25) is 5.91 Å². The first-order valence-corrected chi connectivity index (χ1v) is 11.6. The first-order valence-electron chi connectivity index (χ1n) is 11.6. The summed E-state index contributed by atoms with van der Waals surface area (Å²) in [4.78, 5) is 34.8. The molecule has 9 nitrogen and oxygen atoms in total. The first-order chi connectivity index (χ1) is 17.0. The number of primary amides is 1. The molecule has 1 aromatic carbocycles. The molecule has 180 valence electrons. The summed E-state index contributed by atoms with van der Waals surface area (Å²) in [5.41, 5.74) is 8.55. The maximum atomic E-state index is 14.5. The van der Waals surface area contributed by atoms with E-state index in [0.717, 1.165) is 24.2 Å². The average molecular weight is 476 g/mol. The van der Waals surface area contributed by atoms with Crippen LogP contribution in [0.3, 0.4) is 0 Å². The molecule has 1 aliphatic heterocycles.